The lowest BCUT2D eigenvalue weighted by Gasteiger charge is -2.07. The Hall–Kier alpha value is -2.35. The number of carbonyl (C=O) groups excluding carboxylic acids is 1. The van der Waals surface area contributed by atoms with Crippen LogP contribution in [0.4, 0.5) is 5.13 Å². The molecule has 1 amide bonds. The van der Waals surface area contributed by atoms with E-state index in [-0.39, 0.29) is 5.91 Å². The molecule has 0 aliphatic heterocycles. The van der Waals surface area contributed by atoms with Gasteiger partial charge >= 0.3 is 0 Å². The second kappa shape index (κ2) is 6.42. The zero-order valence-electron chi connectivity index (χ0n) is 15.4. The Balaban J connectivity index is 1.68. The molecule has 1 N–H and O–H groups in total. The number of rotatable bonds is 5. The van der Waals surface area contributed by atoms with Crippen molar-refractivity contribution in [1.82, 2.24) is 25.0 Å². The van der Waals surface area contributed by atoms with Crippen molar-refractivity contribution in [2.45, 2.75) is 46.0 Å². The molecular weight excluding hydrogens is 348 g/mol. The fourth-order valence-corrected chi connectivity index (χ4v) is 4.08. The van der Waals surface area contributed by atoms with Crippen molar-refractivity contribution in [3.63, 3.8) is 0 Å². The van der Waals surface area contributed by atoms with Crippen LogP contribution < -0.4 is 5.32 Å². The largest absolute Gasteiger partial charge is 0.296 e. The summed E-state index contributed by atoms with van der Waals surface area (Å²) in [6.07, 6.45) is 3.12. The molecule has 0 saturated heterocycles. The maximum absolute atomic E-state index is 13.0. The molecule has 1 aliphatic carbocycles. The van der Waals surface area contributed by atoms with Gasteiger partial charge in [-0.3, -0.25) is 14.8 Å². The highest BCUT2D eigenvalue weighted by molar-refractivity contribution is 7.15. The third kappa shape index (κ3) is 3.21. The maximum atomic E-state index is 13.0. The van der Waals surface area contributed by atoms with E-state index >= 15 is 0 Å². The van der Waals surface area contributed by atoms with Crippen LogP contribution in [0.3, 0.4) is 0 Å². The van der Waals surface area contributed by atoms with Gasteiger partial charge in [0, 0.05) is 25.1 Å². The van der Waals surface area contributed by atoms with Crippen molar-refractivity contribution >= 4 is 33.4 Å². The van der Waals surface area contributed by atoms with E-state index in [0.717, 1.165) is 46.7 Å². The van der Waals surface area contributed by atoms with Gasteiger partial charge in [-0.1, -0.05) is 25.2 Å². The van der Waals surface area contributed by atoms with Gasteiger partial charge in [0.25, 0.3) is 5.91 Å². The number of amides is 1. The van der Waals surface area contributed by atoms with E-state index in [0.29, 0.717) is 22.5 Å². The maximum Gasteiger partial charge on any atom is 0.258 e. The van der Waals surface area contributed by atoms with Crippen LogP contribution in [0.15, 0.2) is 6.07 Å². The Bertz CT molecular complexity index is 985. The van der Waals surface area contributed by atoms with Crippen molar-refractivity contribution < 1.29 is 4.79 Å². The van der Waals surface area contributed by atoms with Crippen LogP contribution in [0.25, 0.3) is 11.0 Å². The zero-order valence-corrected chi connectivity index (χ0v) is 16.2. The smallest absolute Gasteiger partial charge is 0.258 e. The number of hydrogen-bond donors (Lipinski definition) is 1. The van der Waals surface area contributed by atoms with Crippen molar-refractivity contribution in [2.75, 3.05) is 5.32 Å². The summed E-state index contributed by atoms with van der Waals surface area (Å²) in [5.41, 5.74) is 3.15. The van der Waals surface area contributed by atoms with Crippen LogP contribution in [0.2, 0.25) is 0 Å². The minimum absolute atomic E-state index is 0.178. The van der Waals surface area contributed by atoms with Crippen LogP contribution in [0.5, 0.6) is 0 Å². The van der Waals surface area contributed by atoms with Crippen molar-refractivity contribution in [2.24, 2.45) is 13.0 Å². The SMILES string of the molecule is Cc1nn(C)c2nc(C3CC3)cc(C(=O)Nc3nnc(CC(C)C)s3)c12. The number of pyridine rings is 1. The second-order valence-corrected chi connectivity index (χ2v) is 8.39. The molecule has 3 aromatic heterocycles. The fourth-order valence-electron chi connectivity index (χ4n) is 3.13. The molecule has 136 valence electrons. The molecule has 0 unspecified atom stereocenters. The van der Waals surface area contributed by atoms with Gasteiger partial charge in [0.2, 0.25) is 5.13 Å². The molecule has 1 fully saturated rings. The number of aryl methyl sites for hydroxylation is 2. The normalized spacial score (nSPS) is 14.3. The Morgan fingerprint density at radius 1 is 1.38 bits per heavy atom. The Morgan fingerprint density at radius 3 is 2.85 bits per heavy atom. The van der Waals surface area contributed by atoms with Crippen LogP contribution in [0.1, 0.15) is 59.4 Å². The van der Waals surface area contributed by atoms with Crippen molar-refractivity contribution in [1.29, 1.82) is 0 Å². The highest BCUT2D eigenvalue weighted by Crippen LogP contribution is 2.40. The standard InChI is InChI=1S/C18H22N6OS/c1-9(2)7-14-21-22-18(26-14)20-17(25)12-8-13(11-5-6-11)19-16-15(12)10(3)23-24(16)4/h8-9,11H,5-7H2,1-4H3,(H,20,22,25). The lowest BCUT2D eigenvalue weighted by Crippen LogP contribution is -2.13. The summed E-state index contributed by atoms with van der Waals surface area (Å²) in [5, 5.41) is 17.9. The third-order valence-corrected chi connectivity index (χ3v) is 5.36. The highest BCUT2D eigenvalue weighted by Gasteiger charge is 2.28. The van der Waals surface area contributed by atoms with Crippen molar-refractivity contribution in [3.8, 4) is 0 Å². The van der Waals surface area contributed by atoms with E-state index in [4.69, 9.17) is 4.98 Å². The molecule has 3 heterocycles. The molecule has 26 heavy (non-hydrogen) atoms. The van der Waals surface area contributed by atoms with E-state index < -0.39 is 0 Å². The number of hydrogen-bond acceptors (Lipinski definition) is 6. The quantitative estimate of drug-likeness (QED) is 0.743. The van der Waals surface area contributed by atoms with Crippen LogP contribution in [0, 0.1) is 12.8 Å². The topological polar surface area (TPSA) is 85.6 Å². The average molecular weight is 370 g/mol. The molecule has 0 radical (unpaired) electrons. The van der Waals surface area contributed by atoms with Gasteiger partial charge in [0.1, 0.15) is 5.01 Å². The second-order valence-electron chi connectivity index (χ2n) is 7.33. The Morgan fingerprint density at radius 2 is 2.15 bits per heavy atom. The first-order chi connectivity index (χ1) is 12.4. The van der Waals surface area contributed by atoms with Gasteiger partial charge in [0.15, 0.2) is 5.65 Å². The molecule has 0 atom stereocenters. The molecule has 7 nitrogen and oxygen atoms in total. The number of nitrogens with one attached hydrogen (secondary N) is 1. The number of nitrogens with zero attached hydrogens (tertiary/aromatic N) is 5. The van der Waals surface area contributed by atoms with Gasteiger partial charge in [0.05, 0.1) is 16.6 Å². The monoisotopic (exact) mass is 370 g/mol. The number of fused-ring (bicyclic) bond motifs is 1. The lowest BCUT2D eigenvalue weighted by molar-refractivity contribution is 0.102. The molecule has 1 saturated carbocycles. The van der Waals surface area contributed by atoms with Crippen molar-refractivity contribution in [3.05, 3.63) is 28.0 Å². The van der Waals surface area contributed by atoms with Gasteiger partial charge < -0.3 is 0 Å². The van der Waals surface area contributed by atoms with Crippen LogP contribution >= 0.6 is 11.3 Å². The minimum atomic E-state index is -0.178. The van der Waals surface area contributed by atoms with Crippen LogP contribution in [-0.2, 0) is 13.5 Å². The van der Waals surface area contributed by atoms with Gasteiger partial charge in [-0.05, 0) is 31.7 Å². The van der Waals surface area contributed by atoms with E-state index in [1.807, 2.05) is 20.0 Å². The number of anilines is 1. The first-order valence-corrected chi connectivity index (χ1v) is 9.72. The van der Waals surface area contributed by atoms with Gasteiger partial charge in [-0.25, -0.2) is 4.98 Å². The first kappa shape index (κ1) is 17.1. The molecule has 4 rings (SSSR count). The van der Waals surface area contributed by atoms with Crippen LogP contribution in [-0.4, -0.2) is 30.9 Å². The molecular formula is C18H22N6OS. The summed E-state index contributed by atoms with van der Waals surface area (Å²) in [4.78, 5) is 17.7. The first-order valence-electron chi connectivity index (χ1n) is 8.90. The Labute approximate surface area is 155 Å². The van der Waals surface area contributed by atoms with E-state index in [1.54, 1.807) is 4.68 Å². The summed E-state index contributed by atoms with van der Waals surface area (Å²) < 4.78 is 1.75. The summed E-state index contributed by atoms with van der Waals surface area (Å²) in [6, 6.07) is 1.92. The number of aromatic nitrogens is 5. The summed E-state index contributed by atoms with van der Waals surface area (Å²) in [7, 11) is 1.86. The summed E-state index contributed by atoms with van der Waals surface area (Å²) in [6.45, 7) is 6.18. The third-order valence-electron chi connectivity index (χ3n) is 4.50. The van der Waals surface area contributed by atoms with Gasteiger partial charge in [-0.15, -0.1) is 10.2 Å². The number of carbonyl (C=O) groups is 1. The highest BCUT2D eigenvalue weighted by atomic mass is 32.1. The molecule has 0 aromatic carbocycles. The van der Waals surface area contributed by atoms with E-state index in [9.17, 15) is 4.79 Å². The van der Waals surface area contributed by atoms with E-state index in [2.05, 4.69) is 34.5 Å². The van der Waals surface area contributed by atoms with E-state index in [1.165, 1.54) is 11.3 Å². The molecule has 8 heteroatoms. The summed E-state index contributed by atoms with van der Waals surface area (Å²) in [5.74, 6) is 0.786. The predicted octanol–water partition coefficient (Wildman–Crippen LogP) is 3.46. The van der Waals surface area contributed by atoms with Gasteiger partial charge in [-0.2, -0.15) is 5.10 Å². The molecule has 0 bridgehead atoms. The average Bonchev–Trinajstić information content (AvgIpc) is 3.28. The minimum Gasteiger partial charge on any atom is -0.296 e. The molecule has 0 spiro atoms. The molecule has 1 aliphatic rings. The predicted molar refractivity (Wildman–Crippen MR) is 102 cm³/mol. The zero-order chi connectivity index (χ0) is 18.4. The molecule has 3 aromatic rings. The lowest BCUT2D eigenvalue weighted by atomic mass is 10.1. The fraction of sp³-hybridized carbons (Fsp3) is 0.500. The Kier molecular flexibility index (Phi) is 4.22. The summed E-state index contributed by atoms with van der Waals surface area (Å²) >= 11 is 1.43.